The lowest BCUT2D eigenvalue weighted by Gasteiger charge is -2.43. The number of benzene rings is 1. The lowest BCUT2D eigenvalue weighted by molar-refractivity contribution is -0.128. The van der Waals surface area contributed by atoms with Crippen molar-refractivity contribution in [2.45, 2.75) is 76.1 Å². The first-order valence-electron chi connectivity index (χ1n) is 11.5. The fourth-order valence-electron chi connectivity index (χ4n) is 6.24. The zero-order valence-electron chi connectivity index (χ0n) is 17.6. The van der Waals surface area contributed by atoms with E-state index in [9.17, 15) is 14.0 Å². The van der Waals surface area contributed by atoms with Crippen molar-refractivity contribution in [3.8, 4) is 0 Å². The van der Waals surface area contributed by atoms with Crippen LogP contribution in [0, 0.1) is 23.6 Å². The lowest BCUT2D eigenvalue weighted by Crippen LogP contribution is -2.58. The van der Waals surface area contributed by atoms with Gasteiger partial charge in [0.05, 0.1) is 12.2 Å². The van der Waals surface area contributed by atoms with E-state index in [4.69, 9.17) is 4.74 Å². The van der Waals surface area contributed by atoms with Crippen molar-refractivity contribution in [3.63, 3.8) is 0 Å². The van der Waals surface area contributed by atoms with Gasteiger partial charge in [-0.1, -0.05) is 25.5 Å². The van der Waals surface area contributed by atoms with Crippen LogP contribution in [0.25, 0.3) is 0 Å². The van der Waals surface area contributed by atoms with Gasteiger partial charge in [0.15, 0.2) is 0 Å². The molecule has 1 spiro atoms. The first-order valence-corrected chi connectivity index (χ1v) is 11.5. The largest absolute Gasteiger partial charge is 0.353 e. The highest BCUT2D eigenvalue weighted by Gasteiger charge is 2.54. The predicted molar refractivity (Wildman–Crippen MR) is 110 cm³/mol. The maximum absolute atomic E-state index is 14.5. The Morgan fingerprint density at radius 3 is 2.57 bits per heavy atom. The Labute approximate surface area is 177 Å². The summed E-state index contributed by atoms with van der Waals surface area (Å²) in [5.41, 5.74) is -0.790. The molecule has 1 aromatic carbocycles. The van der Waals surface area contributed by atoms with Gasteiger partial charge in [-0.2, -0.15) is 0 Å². The van der Waals surface area contributed by atoms with E-state index in [-0.39, 0.29) is 24.1 Å². The van der Waals surface area contributed by atoms with Crippen LogP contribution in [0.15, 0.2) is 24.3 Å². The topological polar surface area (TPSA) is 58.6 Å². The molecule has 5 rings (SSSR count). The molecule has 6 heteroatoms. The van der Waals surface area contributed by atoms with Gasteiger partial charge in [-0.15, -0.1) is 0 Å². The van der Waals surface area contributed by atoms with Gasteiger partial charge in [-0.05, 0) is 74.8 Å². The molecule has 3 saturated carbocycles. The molecule has 1 saturated heterocycles. The minimum atomic E-state index is -0.803. The van der Waals surface area contributed by atoms with Gasteiger partial charge >= 0.3 is 0 Å². The summed E-state index contributed by atoms with van der Waals surface area (Å²) in [4.78, 5) is 28.4. The van der Waals surface area contributed by atoms with Crippen LogP contribution in [-0.2, 0) is 9.53 Å². The number of hydrogen-bond donors (Lipinski definition) is 1. The average Bonchev–Trinajstić information content (AvgIpc) is 3.45. The SMILES string of the molecule is CC1CCC2(CC1)OC[C@H](C(=O)N[C@@H]1C[C@H]3CC[C@H]1C3)N2C(=O)c1ccccc1F. The number of carbonyl (C=O) groups excluding carboxylic acids is 2. The smallest absolute Gasteiger partial charge is 0.259 e. The summed E-state index contributed by atoms with van der Waals surface area (Å²) in [7, 11) is 0. The Morgan fingerprint density at radius 1 is 1.13 bits per heavy atom. The van der Waals surface area contributed by atoms with Gasteiger partial charge in [0, 0.05) is 6.04 Å². The molecule has 4 aliphatic rings. The second-order valence-corrected chi connectivity index (χ2v) is 9.90. The molecule has 3 aliphatic carbocycles. The molecule has 5 nitrogen and oxygen atoms in total. The zero-order valence-corrected chi connectivity index (χ0v) is 17.6. The van der Waals surface area contributed by atoms with E-state index in [0.29, 0.717) is 24.7 Å². The number of rotatable bonds is 3. The fourth-order valence-corrected chi connectivity index (χ4v) is 6.24. The van der Waals surface area contributed by atoms with E-state index in [1.54, 1.807) is 17.0 Å². The van der Waals surface area contributed by atoms with Crippen molar-refractivity contribution >= 4 is 11.8 Å². The van der Waals surface area contributed by atoms with E-state index in [1.165, 1.54) is 31.4 Å². The van der Waals surface area contributed by atoms with Crippen LogP contribution in [0.3, 0.4) is 0 Å². The number of nitrogens with zero attached hydrogens (tertiary/aromatic N) is 1. The molecule has 1 heterocycles. The molecule has 4 atom stereocenters. The summed E-state index contributed by atoms with van der Waals surface area (Å²) < 4.78 is 20.7. The highest BCUT2D eigenvalue weighted by molar-refractivity contribution is 5.98. The van der Waals surface area contributed by atoms with Gasteiger partial charge in [0.1, 0.15) is 17.6 Å². The Balaban J connectivity index is 1.41. The molecule has 0 radical (unpaired) electrons. The highest BCUT2D eigenvalue weighted by atomic mass is 19.1. The van der Waals surface area contributed by atoms with Crippen molar-refractivity contribution < 1.29 is 18.7 Å². The van der Waals surface area contributed by atoms with Crippen LogP contribution in [0.2, 0.25) is 0 Å². The summed E-state index contributed by atoms with van der Waals surface area (Å²) >= 11 is 0. The summed E-state index contributed by atoms with van der Waals surface area (Å²) in [5, 5.41) is 3.23. The normalized spacial score (nSPS) is 37.7. The first kappa shape index (κ1) is 20.0. The fraction of sp³-hybridized carbons (Fsp3) is 0.667. The van der Waals surface area contributed by atoms with Gasteiger partial charge in [-0.3, -0.25) is 14.5 Å². The van der Waals surface area contributed by atoms with E-state index in [0.717, 1.165) is 25.2 Å². The van der Waals surface area contributed by atoms with E-state index in [2.05, 4.69) is 12.2 Å². The van der Waals surface area contributed by atoms with Crippen molar-refractivity contribution in [1.29, 1.82) is 0 Å². The van der Waals surface area contributed by atoms with Crippen molar-refractivity contribution in [2.24, 2.45) is 17.8 Å². The minimum Gasteiger partial charge on any atom is -0.353 e. The summed E-state index contributed by atoms with van der Waals surface area (Å²) in [6, 6.07) is 5.52. The Hall–Kier alpha value is -1.95. The maximum Gasteiger partial charge on any atom is 0.259 e. The van der Waals surface area contributed by atoms with Crippen LogP contribution in [0.5, 0.6) is 0 Å². The summed E-state index contributed by atoms with van der Waals surface area (Å²) in [6.07, 6.45) is 7.92. The second-order valence-electron chi connectivity index (χ2n) is 9.90. The van der Waals surface area contributed by atoms with Crippen LogP contribution in [-0.4, -0.2) is 41.1 Å². The number of amides is 2. The zero-order chi connectivity index (χ0) is 20.9. The van der Waals surface area contributed by atoms with Crippen LogP contribution >= 0.6 is 0 Å². The molecule has 1 N–H and O–H groups in total. The number of carbonyl (C=O) groups is 2. The maximum atomic E-state index is 14.5. The van der Waals surface area contributed by atoms with Gasteiger partial charge in [0.25, 0.3) is 5.91 Å². The molecule has 1 aromatic rings. The molecule has 1 aliphatic heterocycles. The molecule has 4 fully saturated rings. The van der Waals surface area contributed by atoms with Crippen LogP contribution < -0.4 is 5.32 Å². The number of nitrogens with one attached hydrogen (secondary N) is 1. The Kier molecular flexibility index (Phi) is 5.08. The van der Waals surface area contributed by atoms with E-state index < -0.39 is 23.5 Å². The third-order valence-electron chi connectivity index (χ3n) is 8.01. The molecular formula is C24H31FN2O3. The predicted octanol–water partition coefficient (Wildman–Crippen LogP) is 3.88. The Morgan fingerprint density at radius 2 is 1.90 bits per heavy atom. The number of ether oxygens (including phenoxy) is 1. The molecule has 0 aromatic heterocycles. The van der Waals surface area contributed by atoms with E-state index in [1.807, 2.05) is 0 Å². The molecule has 2 amide bonds. The molecule has 30 heavy (non-hydrogen) atoms. The summed E-state index contributed by atoms with van der Waals surface area (Å²) in [6.45, 7) is 2.38. The van der Waals surface area contributed by atoms with Gasteiger partial charge < -0.3 is 10.1 Å². The number of fused-ring (bicyclic) bond motifs is 2. The molecule has 2 bridgehead atoms. The second kappa shape index (κ2) is 7.63. The molecule has 0 unspecified atom stereocenters. The Bertz CT molecular complexity index is 835. The molecular weight excluding hydrogens is 383 g/mol. The quantitative estimate of drug-likeness (QED) is 0.817. The first-order chi connectivity index (χ1) is 14.5. The standard InChI is InChI=1S/C24H31FN2O3/c1-15-8-10-24(11-9-15)27(23(29)18-4-2-3-5-19(18)25)21(14-30-24)22(28)26-20-13-16-6-7-17(20)12-16/h2-5,15-17,20-21H,6-14H2,1H3,(H,26,28)/t15?,16-,17-,20+,21+,24?/m0/s1. The third-order valence-corrected chi connectivity index (χ3v) is 8.01. The van der Waals surface area contributed by atoms with Crippen molar-refractivity contribution in [3.05, 3.63) is 35.6 Å². The number of halogens is 1. The van der Waals surface area contributed by atoms with Gasteiger partial charge in [0.2, 0.25) is 5.91 Å². The third kappa shape index (κ3) is 3.33. The van der Waals surface area contributed by atoms with Crippen molar-refractivity contribution in [2.75, 3.05) is 6.61 Å². The lowest BCUT2D eigenvalue weighted by atomic mass is 9.83. The monoisotopic (exact) mass is 414 g/mol. The average molecular weight is 415 g/mol. The summed E-state index contributed by atoms with van der Waals surface area (Å²) in [5.74, 6) is 0.706. The van der Waals surface area contributed by atoms with E-state index >= 15 is 0 Å². The van der Waals surface area contributed by atoms with Crippen LogP contribution in [0.1, 0.15) is 68.6 Å². The van der Waals surface area contributed by atoms with Crippen molar-refractivity contribution in [1.82, 2.24) is 10.2 Å². The highest BCUT2D eigenvalue weighted by Crippen LogP contribution is 2.46. The van der Waals surface area contributed by atoms with Gasteiger partial charge in [-0.25, -0.2) is 4.39 Å². The number of hydrogen-bond acceptors (Lipinski definition) is 3. The minimum absolute atomic E-state index is 0.0127. The van der Waals surface area contributed by atoms with Crippen LogP contribution in [0.4, 0.5) is 4.39 Å². The molecule has 162 valence electrons.